The van der Waals surface area contributed by atoms with Crippen LogP contribution in [-0.4, -0.2) is 17.6 Å². The fourth-order valence-electron chi connectivity index (χ4n) is 1.10. The van der Waals surface area contributed by atoms with Crippen molar-refractivity contribution in [2.24, 2.45) is 0 Å². The number of carbonyl (C=O) groups is 1. The van der Waals surface area contributed by atoms with E-state index in [9.17, 15) is 18.0 Å². The molecule has 0 atom stereocenters. The second-order valence-corrected chi connectivity index (χ2v) is 2.95. The van der Waals surface area contributed by atoms with Crippen molar-refractivity contribution in [2.75, 3.05) is 6.61 Å². The monoisotopic (exact) mass is 233 g/mol. The molecule has 1 rings (SSSR count). The third-order valence-electron chi connectivity index (χ3n) is 1.78. The van der Waals surface area contributed by atoms with Crippen molar-refractivity contribution in [3.05, 3.63) is 29.3 Å². The maximum Gasteiger partial charge on any atom is 0.311 e. The van der Waals surface area contributed by atoms with Crippen LogP contribution in [0.15, 0.2) is 12.1 Å². The Morgan fingerprint density at radius 2 is 2.19 bits per heavy atom. The molecule has 88 valence electrons. The van der Waals surface area contributed by atoms with Crippen LogP contribution < -0.4 is 0 Å². The number of esters is 1. The van der Waals surface area contributed by atoms with E-state index in [0.29, 0.717) is 0 Å². The average molecular weight is 233 g/mol. The Morgan fingerprint density at radius 1 is 1.50 bits per heavy atom. The summed E-state index contributed by atoms with van der Waals surface area (Å²) < 4.78 is 42.2. The highest BCUT2D eigenvalue weighted by molar-refractivity contribution is 5.72. The first kappa shape index (κ1) is 12.5. The first-order valence-electron chi connectivity index (χ1n) is 4.63. The summed E-state index contributed by atoms with van der Waals surface area (Å²) in [6.45, 7) is 1.74. The van der Waals surface area contributed by atoms with Gasteiger partial charge in [-0.2, -0.15) is 0 Å². The molecule has 0 radical (unpaired) electrons. The zero-order valence-corrected chi connectivity index (χ0v) is 8.54. The van der Waals surface area contributed by atoms with Gasteiger partial charge in [-0.15, -0.1) is 0 Å². The molecule has 0 N–H and O–H groups in total. The van der Waals surface area contributed by atoms with E-state index < -0.39 is 30.3 Å². The molecule has 0 spiro atoms. The van der Waals surface area contributed by atoms with Crippen LogP contribution in [-0.2, 0) is 16.0 Å². The fraction of sp³-hybridized carbons (Fsp3) is 0.400. The van der Waals surface area contributed by atoms with Gasteiger partial charge in [-0.25, -0.2) is 18.2 Å². The molecule has 0 aliphatic carbocycles. The van der Waals surface area contributed by atoms with Gasteiger partial charge in [0.25, 0.3) is 6.43 Å². The topological polar surface area (TPSA) is 39.2 Å². The molecule has 16 heavy (non-hydrogen) atoms. The first-order valence-corrected chi connectivity index (χ1v) is 4.63. The molecule has 0 unspecified atom stereocenters. The largest absolute Gasteiger partial charge is 0.466 e. The Hall–Kier alpha value is -1.59. The van der Waals surface area contributed by atoms with Crippen LogP contribution in [0.5, 0.6) is 0 Å². The molecule has 6 heteroatoms. The number of carbonyl (C=O) groups excluding carboxylic acids is 1. The molecule has 0 aliphatic rings. The van der Waals surface area contributed by atoms with Crippen molar-refractivity contribution < 1.29 is 22.7 Å². The maximum atomic E-state index is 13.1. The van der Waals surface area contributed by atoms with Crippen LogP contribution in [0.4, 0.5) is 13.2 Å². The van der Waals surface area contributed by atoms with Crippen molar-refractivity contribution in [2.45, 2.75) is 19.8 Å². The van der Waals surface area contributed by atoms with Crippen molar-refractivity contribution >= 4 is 5.97 Å². The maximum absolute atomic E-state index is 13.1. The summed E-state index contributed by atoms with van der Waals surface area (Å²) in [7, 11) is 0. The molecule has 0 saturated heterocycles. The minimum atomic E-state index is -2.79. The van der Waals surface area contributed by atoms with Gasteiger partial charge in [0, 0.05) is 0 Å². The highest BCUT2D eigenvalue weighted by Gasteiger charge is 2.15. The van der Waals surface area contributed by atoms with Crippen LogP contribution >= 0.6 is 0 Å². The molecule has 0 amide bonds. The molecular weight excluding hydrogens is 223 g/mol. The van der Waals surface area contributed by atoms with E-state index in [1.54, 1.807) is 6.92 Å². The first-order chi connectivity index (χ1) is 7.54. The van der Waals surface area contributed by atoms with E-state index in [4.69, 9.17) is 0 Å². The Kier molecular flexibility index (Phi) is 4.28. The summed E-state index contributed by atoms with van der Waals surface area (Å²) >= 11 is 0. The van der Waals surface area contributed by atoms with Crippen molar-refractivity contribution in [3.8, 4) is 0 Å². The van der Waals surface area contributed by atoms with Crippen LogP contribution in [0.2, 0.25) is 0 Å². The predicted octanol–water partition coefficient (Wildman–Crippen LogP) is 2.26. The molecular formula is C10H10F3NO2. The molecule has 0 aliphatic heterocycles. The van der Waals surface area contributed by atoms with Gasteiger partial charge in [0.15, 0.2) is 0 Å². The predicted molar refractivity (Wildman–Crippen MR) is 49.5 cm³/mol. The summed E-state index contributed by atoms with van der Waals surface area (Å²) in [6.07, 6.45) is -3.23. The van der Waals surface area contributed by atoms with Crippen LogP contribution in [0.3, 0.4) is 0 Å². The van der Waals surface area contributed by atoms with E-state index in [0.717, 1.165) is 12.1 Å². The number of rotatable bonds is 4. The molecule has 3 nitrogen and oxygen atoms in total. The van der Waals surface area contributed by atoms with E-state index >= 15 is 0 Å². The second-order valence-electron chi connectivity index (χ2n) is 2.95. The Morgan fingerprint density at radius 3 is 2.75 bits per heavy atom. The minimum absolute atomic E-state index is 0.148. The zero-order chi connectivity index (χ0) is 12.1. The lowest BCUT2D eigenvalue weighted by Gasteiger charge is -2.05. The second kappa shape index (κ2) is 5.48. The minimum Gasteiger partial charge on any atom is -0.466 e. The third kappa shape index (κ3) is 3.22. The summed E-state index contributed by atoms with van der Waals surface area (Å²) in [5.74, 6) is -1.49. The van der Waals surface area contributed by atoms with Gasteiger partial charge in [0.1, 0.15) is 11.5 Å². The van der Waals surface area contributed by atoms with E-state index in [1.807, 2.05) is 0 Å². The standard InChI is InChI=1S/C10H10F3NO2/c1-2-16-9(15)5-8-6(11)3-4-7(14-8)10(12)13/h3-4,10H,2,5H2,1H3. The summed E-state index contributed by atoms with van der Waals surface area (Å²) in [6, 6.07) is 1.75. The SMILES string of the molecule is CCOC(=O)Cc1nc(C(F)F)ccc1F. The number of halogens is 3. The lowest BCUT2D eigenvalue weighted by Crippen LogP contribution is -2.11. The lowest BCUT2D eigenvalue weighted by molar-refractivity contribution is -0.142. The zero-order valence-electron chi connectivity index (χ0n) is 8.54. The van der Waals surface area contributed by atoms with Crippen molar-refractivity contribution in [3.63, 3.8) is 0 Å². The number of aromatic nitrogens is 1. The Labute approximate surface area is 90.2 Å². The molecule has 0 saturated carbocycles. The Balaban J connectivity index is 2.86. The van der Waals surface area contributed by atoms with E-state index in [-0.39, 0.29) is 12.3 Å². The quantitative estimate of drug-likeness (QED) is 0.749. The van der Waals surface area contributed by atoms with Gasteiger partial charge < -0.3 is 4.74 Å². The average Bonchev–Trinajstić information content (AvgIpc) is 2.21. The molecule has 0 fully saturated rings. The van der Waals surface area contributed by atoms with Gasteiger partial charge in [-0.05, 0) is 19.1 Å². The normalized spacial score (nSPS) is 10.6. The number of hydrogen-bond donors (Lipinski definition) is 0. The summed E-state index contributed by atoms with van der Waals surface area (Å²) in [5.41, 5.74) is -0.878. The van der Waals surface area contributed by atoms with Gasteiger partial charge in [0.2, 0.25) is 0 Å². The van der Waals surface area contributed by atoms with E-state index in [2.05, 4.69) is 9.72 Å². The molecule has 1 aromatic rings. The number of alkyl halides is 2. The number of nitrogens with zero attached hydrogens (tertiary/aromatic N) is 1. The number of pyridine rings is 1. The summed E-state index contributed by atoms with van der Waals surface area (Å²) in [5, 5.41) is 0. The highest BCUT2D eigenvalue weighted by Crippen LogP contribution is 2.18. The third-order valence-corrected chi connectivity index (χ3v) is 1.78. The fourth-order valence-corrected chi connectivity index (χ4v) is 1.10. The molecule has 0 bridgehead atoms. The molecule has 1 aromatic heterocycles. The van der Waals surface area contributed by atoms with Crippen LogP contribution in [0.25, 0.3) is 0 Å². The van der Waals surface area contributed by atoms with Crippen LogP contribution in [0.1, 0.15) is 24.7 Å². The van der Waals surface area contributed by atoms with Gasteiger partial charge in [-0.1, -0.05) is 0 Å². The van der Waals surface area contributed by atoms with Gasteiger partial charge >= 0.3 is 5.97 Å². The van der Waals surface area contributed by atoms with E-state index in [1.165, 1.54) is 0 Å². The van der Waals surface area contributed by atoms with Crippen molar-refractivity contribution in [1.29, 1.82) is 0 Å². The smallest absolute Gasteiger partial charge is 0.311 e. The summed E-state index contributed by atoms with van der Waals surface area (Å²) in [4.78, 5) is 14.4. The Bertz CT molecular complexity index is 382. The van der Waals surface area contributed by atoms with Crippen LogP contribution in [0, 0.1) is 5.82 Å². The molecule has 0 aromatic carbocycles. The molecule has 1 heterocycles. The number of ether oxygens (including phenoxy) is 1. The van der Waals surface area contributed by atoms with Gasteiger partial charge in [0.05, 0.1) is 18.7 Å². The van der Waals surface area contributed by atoms with Gasteiger partial charge in [-0.3, -0.25) is 4.79 Å². The number of hydrogen-bond acceptors (Lipinski definition) is 3. The lowest BCUT2D eigenvalue weighted by atomic mass is 10.2. The van der Waals surface area contributed by atoms with Crippen molar-refractivity contribution in [1.82, 2.24) is 4.98 Å². The highest BCUT2D eigenvalue weighted by atomic mass is 19.3.